The number of nitrogens with zero attached hydrogens (tertiary/aromatic N) is 2. The molecule has 0 fully saturated rings. The smallest absolute Gasteiger partial charge is 0.303 e. The number of hydrogen-bond acceptors (Lipinski definition) is 4. The van der Waals surface area contributed by atoms with E-state index in [1.165, 1.54) is 0 Å². The van der Waals surface area contributed by atoms with Crippen LogP contribution in [0.15, 0.2) is 17.5 Å². The van der Waals surface area contributed by atoms with Gasteiger partial charge in [0, 0.05) is 17.8 Å². The number of rotatable bonds is 4. The van der Waals surface area contributed by atoms with Crippen LogP contribution in [0.5, 0.6) is 0 Å². The average Bonchev–Trinajstić information content (AvgIpc) is 2.80. The van der Waals surface area contributed by atoms with Gasteiger partial charge in [0.1, 0.15) is 0 Å². The van der Waals surface area contributed by atoms with Crippen molar-refractivity contribution in [1.82, 2.24) is 9.97 Å². The van der Waals surface area contributed by atoms with Gasteiger partial charge in [-0.2, -0.15) is 0 Å². The summed E-state index contributed by atoms with van der Waals surface area (Å²) < 4.78 is 0. The van der Waals surface area contributed by atoms with Crippen LogP contribution in [-0.4, -0.2) is 21.0 Å². The minimum Gasteiger partial charge on any atom is -0.481 e. The summed E-state index contributed by atoms with van der Waals surface area (Å²) in [6, 6.07) is 3.95. The molecular formula is C13H14N2O2S. The van der Waals surface area contributed by atoms with E-state index < -0.39 is 5.97 Å². The monoisotopic (exact) mass is 262 g/mol. The van der Waals surface area contributed by atoms with Gasteiger partial charge < -0.3 is 5.11 Å². The number of hydrogen-bond donors (Lipinski definition) is 1. The van der Waals surface area contributed by atoms with Crippen molar-refractivity contribution in [3.63, 3.8) is 0 Å². The zero-order valence-electron chi connectivity index (χ0n) is 10.3. The van der Waals surface area contributed by atoms with Gasteiger partial charge in [-0.15, -0.1) is 11.3 Å². The molecule has 4 nitrogen and oxygen atoms in total. The van der Waals surface area contributed by atoms with E-state index in [0.29, 0.717) is 6.42 Å². The van der Waals surface area contributed by atoms with Crippen molar-refractivity contribution in [2.45, 2.75) is 26.7 Å². The molecule has 0 saturated carbocycles. The SMILES string of the molecule is Cc1nc(-c2cccs2)nc(C)c1CCC(=O)O. The first-order valence-electron chi connectivity index (χ1n) is 5.67. The van der Waals surface area contributed by atoms with Crippen LogP contribution in [0.3, 0.4) is 0 Å². The molecule has 0 aromatic carbocycles. The third kappa shape index (κ3) is 2.73. The van der Waals surface area contributed by atoms with Crippen molar-refractivity contribution in [2.24, 2.45) is 0 Å². The first kappa shape index (κ1) is 12.7. The van der Waals surface area contributed by atoms with Crippen molar-refractivity contribution >= 4 is 17.3 Å². The minimum atomic E-state index is -0.795. The summed E-state index contributed by atoms with van der Waals surface area (Å²) in [6.45, 7) is 3.81. The molecule has 2 aromatic heterocycles. The van der Waals surface area contributed by atoms with Crippen LogP contribution in [0.4, 0.5) is 0 Å². The fourth-order valence-corrected chi connectivity index (χ4v) is 2.51. The van der Waals surface area contributed by atoms with Gasteiger partial charge in [0.2, 0.25) is 0 Å². The zero-order valence-corrected chi connectivity index (χ0v) is 11.1. The summed E-state index contributed by atoms with van der Waals surface area (Å²) in [6.07, 6.45) is 0.598. The van der Waals surface area contributed by atoms with E-state index in [2.05, 4.69) is 9.97 Å². The number of carbonyl (C=O) groups is 1. The Bertz CT molecular complexity index is 541. The first-order valence-corrected chi connectivity index (χ1v) is 6.55. The molecule has 0 aliphatic rings. The maximum absolute atomic E-state index is 10.6. The predicted molar refractivity (Wildman–Crippen MR) is 70.8 cm³/mol. The maximum atomic E-state index is 10.6. The van der Waals surface area contributed by atoms with E-state index >= 15 is 0 Å². The van der Waals surface area contributed by atoms with E-state index in [-0.39, 0.29) is 6.42 Å². The second-order valence-electron chi connectivity index (χ2n) is 4.07. The molecule has 0 unspecified atom stereocenters. The van der Waals surface area contributed by atoms with Gasteiger partial charge in [0.05, 0.1) is 4.88 Å². The summed E-state index contributed by atoms with van der Waals surface area (Å²) in [7, 11) is 0. The van der Waals surface area contributed by atoms with Crippen molar-refractivity contribution in [2.75, 3.05) is 0 Å². The molecule has 5 heteroatoms. The van der Waals surface area contributed by atoms with Gasteiger partial charge in [0.15, 0.2) is 5.82 Å². The van der Waals surface area contributed by atoms with Crippen LogP contribution >= 0.6 is 11.3 Å². The largest absolute Gasteiger partial charge is 0.481 e. The Morgan fingerprint density at radius 2 is 2.00 bits per heavy atom. The highest BCUT2D eigenvalue weighted by atomic mass is 32.1. The Labute approximate surface area is 109 Å². The van der Waals surface area contributed by atoms with Crippen molar-refractivity contribution < 1.29 is 9.90 Å². The number of aromatic nitrogens is 2. The summed E-state index contributed by atoms with van der Waals surface area (Å²) in [5.41, 5.74) is 2.68. The topological polar surface area (TPSA) is 63.1 Å². The van der Waals surface area contributed by atoms with Gasteiger partial charge in [0.25, 0.3) is 0 Å². The minimum absolute atomic E-state index is 0.114. The predicted octanol–water partition coefficient (Wildman–Crippen LogP) is 2.84. The molecular weight excluding hydrogens is 248 g/mol. The Balaban J connectivity index is 2.32. The molecule has 2 rings (SSSR count). The Morgan fingerprint density at radius 3 is 2.50 bits per heavy atom. The fraction of sp³-hybridized carbons (Fsp3) is 0.308. The van der Waals surface area contributed by atoms with Gasteiger partial charge in [-0.05, 0) is 37.3 Å². The van der Waals surface area contributed by atoms with E-state index in [0.717, 1.165) is 27.7 Å². The number of thiophene rings is 1. The van der Waals surface area contributed by atoms with Crippen molar-refractivity contribution in [3.8, 4) is 10.7 Å². The summed E-state index contributed by atoms with van der Waals surface area (Å²) in [5.74, 6) is -0.0739. The fourth-order valence-electron chi connectivity index (χ4n) is 1.85. The first-order chi connectivity index (χ1) is 8.58. The van der Waals surface area contributed by atoms with E-state index in [9.17, 15) is 4.79 Å². The zero-order chi connectivity index (χ0) is 13.1. The number of aryl methyl sites for hydroxylation is 2. The number of carboxylic acids is 1. The van der Waals surface area contributed by atoms with Gasteiger partial charge in [-0.25, -0.2) is 9.97 Å². The maximum Gasteiger partial charge on any atom is 0.303 e. The van der Waals surface area contributed by atoms with Crippen LogP contribution in [0.25, 0.3) is 10.7 Å². The van der Waals surface area contributed by atoms with Crippen LogP contribution in [0.2, 0.25) is 0 Å². The van der Waals surface area contributed by atoms with E-state index in [1.807, 2.05) is 31.4 Å². The molecule has 0 bridgehead atoms. The standard InChI is InChI=1S/C13H14N2O2S/c1-8-10(5-6-12(16)17)9(2)15-13(14-8)11-4-3-7-18-11/h3-4,7H,5-6H2,1-2H3,(H,16,17). The Kier molecular flexibility index (Phi) is 3.72. The lowest BCUT2D eigenvalue weighted by molar-refractivity contribution is -0.136. The number of aliphatic carboxylic acids is 1. The molecule has 2 aromatic rings. The molecule has 0 spiro atoms. The second-order valence-corrected chi connectivity index (χ2v) is 5.02. The van der Waals surface area contributed by atoms with E-state index in [4.69, 9.17) is 5.11 Å². The third-order valence-electron chi connectivity index (χ3n) is 2.75. The van der Waals surface area contributed by atoms with Crippen LogP contribution in [0, 0.1) is 13.8 Å². The van der Waals surface area contributed by atoms with Crippen molar-refractivity contribution in [3.05, 3.63) is 34.5 Å². The highest BCUT2D eigenvalue weighted by molar-refractivity contribution is 7.13. The van der Waals surface area contributed by atoms with E-state index in [1.54, 1.807) is 11.3 Å². The summed E-state index contributed by atoms with van der Waals surface area (Å²) >= 11 is 1.60. The molecule has 0 aliphatic carbocycles. The van der Waals surface area contributed by atoms with Crippen LogP contribution < -0.4 is 0 Å². The molecule has 0 saturated heterocycles. The normalized spacial score (nSPS) is 10.6. The molecule has 0 radical (unpaired) electrons. The van der Waals surface area contributed by atoms with Gasteiger partial charge >= 0.3 is 5.97 Å². The van der Waals surface area contributed by atoms with Crippen LogP contribution in [-0.2, 0) is 11.2 Å². The lowest BCUT2D eigenvalue weighted by Crippen LogP contribution is -2.05. The molecule has 0 amide bonds. The lowest BCUT2D eigenvalue weighted by Gasteiger charge is -2.09. The summed E-state index contributed by atoms with van der Waals surface area (Å²) in [4.78, 5) is 20.6. The lowest BCUT2D eigenvalue weighted by atomic mass is 10.1. The summed E-state index contributed by atoms with van der Waals surface area (Å²) in [5, 5.41) is 10.7. The highest BCUT2D eigenvalue weighted by Crippen LogP contribution is 2.23. The molecule has 18 heavy (non-hydrogen) atoms. The number of carboxylic acid groups (broad SMARTS) is 1. The third-order valence-corrected chi connectivity index (χ3v) is 3.62. The molecule has 1 N–H and O–H groups in total. The molecule has 0 aliphatic heterocycles. The highest BCUT2D eigenvalue weighted by Gasteiger charge is 2.11. The molecule has 0 atom stereocenters. The molecule has 2 heterocycles. The van der Waals surface area contributed by atoms with Gasteiger partial charge in [-0.3, -0.25) is 4.79 Å². The van der Waals surface area contributed by atoms with Crippen molar-refractivity contribution in [1.29, 1.82) is 0 Å². The van der Waals surface area contributed by atoms with Crippen LogP contribution in [0.1, 0.15) is 23.4 Å². The molecule has 94 valence electrons. The average molecular weight is 262 g/mol. The van der Waals surface area contributed by atoms with Gasteiger partial charge in [-0.1, -0.05) is 6.07 Å². The Hall–Kier alpha value is -1.75. The quantitative estimate of drug-likeness (QED) is 0.920. The second kappa shape index (κ2) is 5.27. The Morgan fingerprint density at radius 1 is 1.33 bits per heavy atom.